The topological polar surface area (TPSA) is 88.8 Å². The lowest BCUT2D eigenvalue weighted by Crippen LogP contribution is -2.57. The van der Waals surface area contributed by atoms with Gasteiger partial charge in [-0.15, -0.1) is 0 Å². The molecular formula is C23H24F5N7O. The van der Waals surface area contributed by atoms with Crippen LogP contribution in [-0.4, -0.2) is 60.6 Å². The van der Waals surface area contributed by atoms with Crippen LogP contribution in [0.3, 0.4) is 0 Å². The van der Waals surface area contributed by atoms with Crippen LogP contribution in [0.2, 0.25) is 0 Å². The number of piperidine rings is 1. The summed E-state index contributed by atoms with van der Waals surface area (Å²) in [6.07, 6.45) is -0.357. The van der Waals surface area contributed by atoms with Gasteiger partial charge in [0.15, 0.2) is 11.4 Å². The van der Waals surface area contributed by atoms with E-state index < -0.39 is 48.6 Å². The third-order valence-electron chi connectivity index (χ3n) is 5.99. The molecule has 1 saturated heterocycles. The minimum absolute atomic E-state index is 0.0157. The predicted octanol–water partition coefficient (Wildman–Crippen LogP) is 4.20. The highest BCUT2D eigenvalue weighted by Gasteiger charge is 2.47. The van der Waals surface area contributed by atoms with Gasteiger partial charge in [0, 0.05) is 32.4 Å². The van der Waals surface area contributed by atoms with Crippen LogP contribution in [0.1, 0.15) is 35.1 Å². The number of carbonyl (C=O) groups excluding carboxylic acids is 1. The third kappa shape index (κ3) is 5.44. The Hall–Kier alpha value is -3.64. The van der Waals surface area contributed by atoms with E-state index in [9.17, 15) is 26.7 Å². The van der Waals surface area contributed by atoms with Crippen LogP contribution in [-0.2, 0) is 13.2 Å². The van der Waals surface area contributed by atoms with Crippen molar-refractivity contribution < 1.29 is 26.7 Å². The highest BCUT2D eigenvalue weighted by molar-refractivity contribution is 5.98. The molecule has 1 aliphatic rings. The average molecular weight is 509 g/mol. The van der Waals surface area contributed by atoms with E-state index in [-0.39, 0.29) is 18.1 Å². The summed E-state index contributed by atoms with van der Waals surface area (Å²) < 4.78 is 68.8. The van der Waals surface area contributed by atoms with E-state index >= 15 is 0 Å². The first-order chi connectivity index (χ1) is 16.8. The monoisotopic (exact) mass is 509 g/mol. The molecule has 13 heteroatoms. The summed E-state index contributed by atoms with van der Waals surface area (Å²) in [5.74, 6) is -4.40. The van der Waals surface area contributed by atoms with Crippen LogP contribution in [0.15, 0.2) is 36.9 Å². The smallest absolute Gasteiger partial charge is 0.367 e. The molecule has 1 N–H and O–H groups in total. The fourth-order valence-corrected chi connectivity index (χ4v) is 4.25. The zero-order valence-electron chi connectivity index (χ0n) is 19.7. The van der Waals surface area contributed by atoms with E-state index in [1.54, 1.807) is 32.4 Å². The first-order valence-corrected chi connectivity index (χ1v) is 11.1. The van der Waals surface area contributed by atoms with Crippen LogP contribution in [0.5, 0.6) is 0 Å². The highest BCUT2D eigenvalue weighted by Crippen LogP contribution is 2.36. The summed E-state index contributed by atoms with van der Waals surface area (Å²) in [5, 5.41) is 7.06. The van der Waals surface area contributed by atoms with Crippen molar-refractivity contribution in [3.63, 3.8) is 0 Å². The summed E-state index contributed by atoms with van der Waals surface area (Å²) in [6, 6.07) is 2.83. The second kappa shape index (κ2) is 9.43. The number of carbonyl (C=O) groups is 1. The normalized spacial score (nSPS) is 19.8. The molecule has 1 amide bonds. The third-order valence-corrected chi connectivity index (χ3v) is 5.99. The fraction of sp³-hybridized carbons (Fsp3) is 0.435. The summed E-state index contributed by atoms with van der Waals surface area (Å²) in [5.41, 5.74) is 0.631. The van der Waals surface area contributed by atoms with E-state index in [0.717, 1.165) is 16.7 Å². The Morgan fingerprint density at radius 2 is 1.92 bits per heavy atom. The van der Waals surface area contributed by atoms with Crippen molar-refractivity contribution in [1.29, 1.82) is 0 Å². The van der Waals surface area contributed by atoms with Gasteiger partial charge in [-0.2, -0.15) is 18.3 Å². The summed E-state index contributed by atoms with van der Waals surface area (Å²) >= 11 is 0. The summed E-state index contributed by atoms with van der Waals surface area (Å²) in [7, 11) is 1.62. The molecule has 3 aromatic rings. The maximum Gasteiger partial charge on any atom is 0.434 e. The fourth-order valence-electron chi connectivity index (χ4n) is 4.25. The van der Waals surface area contributed by atoms with Crippen LogP contribution >= 0.6 is 0 Å². The molecule has 0 bridgehead atoms. The zero-order chi connectivity index (χ0) is 26.3. The molecule has 0 saturated carbocycles. The number of hydrogen-bond acceptors (Lipinski definition) is 6. The number of nitrogens with one attached hydrogen (secondary N) is 1. The molecule has 1 fully saturated rings. The van der Waals surface area contributed by atoms with Crippen LogP contribution in [0.4, 0.5) is 27.8 Å². The van der Waals surface area contributed by atoms with E-state index in [4.69, 9.17) is 0 Å². The molecule has 0 aliphatic carbocycles. The lowest BCUT2D eigenvalue weighted by atomic mass is 9.88. The number of hydrogen-bond donors (Lipinski definition) is 1. The maximum absolute atomic E-state index is 14.6. The van der Waals surface area contributed by atoms with Crippen molar-refractivity contribution >= 4 is 11.7 Å². The maximum atomic E-state index is 14.6. The molecule has 0 spiro atoms. The Labute approximate surface area is 203 Å². The molecule has 36 heavy (non-hydrogen) atoms. The molecule has 2 atom stereocenters. The van der Waals surface area contributed by atoms with Crippen molar-refractivity contribution in [1.82, 2.24) is 29.6 Å². The van der Waals surface area contributed by atoms with Gasteiger partial charge in [0.25, 0.3) is 11.8 Å². The molecule has 192 valence electrons. The number of likely N-dealkylation sites (tertiary alicyclic amines) is 1. The molecule has 1 aliphatic heterocycles. The Balaban J connectivity index is 1.60. The number of amides is 1. The molecule has 4 rings (SSSR count). The zero-order valence-corrected chi connectivity index (χ0v) is 19.7. The van der Waals surface area contributed by atoms with Gasteiger partial charge in [0.1, 0.15) is 5.82 Å². The second-order valence-corrected chi connectivity index (χ2v) is 8.99. The molecule has 3 aromatic heterocycles. The van der Waals surface area contributed by atoms with E-state index in [1.807, 2.05) is 13.0 Å². The predicted molar refractivity (Wildman–Crippen MR) is 120 cm³/mol. The number of halogens is 5. The van der Waals surface area contributed by atoms with Gasteiger partial charge < -0.3 is 10.2 Å². The van der Waals surface area contributed by atoms with Gasteiger partial charge in [-0.05, 0) is 24.5 Å². The van der Waals surface area contributed by atoms with Gasteiger partial charge >= 0.3 is 6.18 Å². The Kier molecular flexibility index (Phi) is 6.67. The van der Waals surface area contributed by atoms with Crippen molar-refractivity contribution in [2.45, 2.75) is 38.4 Å². The number of aromatic nitrogens is 5. The summed E-state index contributed by atoms with van der Waals surface area (Å²) in [6.45, 7) is 2.62. The van der Waals surface area contributed by atoms with Crippen LogP contribution < -0.4 is 5.32 Å². The lowest BCUT2D eigenvalue weighted by Gasteiger charge is -2.43. The van der Waals surface area contributed by atoms with Crippen molar-refractivity contribution in [3.8, 4) is 11.3 Å². The minimum atomic E-state index is -4.63. The Morgan fingerprint density at radius 1 is 1.17 bits per heavy atom. The second-order valence-electron chi connectivity index (χ2n) is 8.99. The molecule has 2 unspecified atom stereocenters. The number of alkyl halides is 5. The highest BCUT2D eigenvalue weighted by atomic mass is 19.4. The standard InChI is InChI=1S/C23H24F5N7O/c1-13-4-5-16(29-7-13)15-11-34(3)33-20(15)21(36)35-12-22(24,25)6-14(2)17(35)8-31-19-10-30-18(9-32-19)23(26,27)28/h4-5,7,9-11,14,17H,6,8,12H2,1-3H3,(H,31,32). The SMILES string of the molecule is Cc1ccc(-c2cn(C)nc2C(=O)N2CC(F)(F)CC(C)C2CNc2cnc(C(F)(F)F)cn2)nc1. The van der Waals surface area contributed by atoms with Gasteiger partial charge in [-0.25, -0.2) is 18.7 Å². The molecular weight excluding hydrogens is 485 g/mol. The number of aryl methyl sites for hydroxylation is 2. The number of nitrogens with zero attached hydrogens (tertiary/aromatic N) is 6. The van der Waals surface area contributed by atoms with Gasteiger partial charge in [0.05, 0.1) is 36.2 Å². The van der Waals surface area contributed by atoms with Crippen LogP contribution in [0.25, 0.3) is 11.3 Å². The van der Waals surface area contributed by atoms with Gasteiger partial charge in [-0.3, -0.25) is 14.5 Å². The van der Waals surface area contributed by atoms with Crippen LogP contribution in [0, 0.1) is 12.8 Å². The molecule has 8 nitrogen and oxygen atoms in total. The van der Waals surface area contributed by atoms with Crippen molar-refractivity contribution in [2.75, 3.05) is 18.4 Å². The first-order valence-electron chi connectivity index (χ1n) is 11.1. The Morgan fingerprint density at radius 3 is 2.53 bits per heavy atom. The van der Waals surface area contributed by atoms with E-state index in [0.29, 0.717) is 17.5 Å². The summed E-state index contributed by atoms with van der Waals surface area (Å²) in [4.78, 5) is 26.0. The molecule has 4 heterocycles. The average Bonchev–Trinajstić information content (AvgIpc) is 3.19. The molecule has 0 radical (unpaired) electrons. The number of pyridine rings is 1. The van der Waals surface area contributed by atoms with Crippen molar-refractivity contribution in [2.24, 2.45) is 13.0 Å². The Bertz CT molecular complexity index is 1230. The molecule has 0 aromatic carbocycles. The van der Waals surface area contributed by atoms with E-state index in [2.05, 4.69) is 25.4 Å². The van der Waals surface area contributed by atoms with Crippen molar-refractivity contribution in [3.05, 3.63) is 53.9 Å². The largest absolute Gasteiger partial charge is 0.434 e. The van der Waals surface area contributed by atoms with Gasteiger partial charge in [0.2, 0.25) is 0 Å². The van der Waals surface area contributed by atoms with E-state index in [1.165, 1.54) is 4.68 Å². The minimum Gasteiger partial charge on any atom is -0.367 e. The van der Waals surface area contributed by atoms with Gasteiger partial charge in [-0.1, -0.05) is 13.0 Å². The first kappa shape index (κ1) is 25.5. The lowest BCUT2D eigenvalue weighted by molar-refractivity contribution is -0.141. The quantitative estimate of drug-likeness (QED) is 0.519. The number of rotatable bonds is 5. The number of anilines is 1.